The number of hydrogen-bond donors (Lipinski definition) is 3. The van der Waals surface area contributed by atoms with Crippen LogP contribution in [0.1, 0.15) is 11.1 Å². The Hall–Kier alpha value is -4.43. The van der Waals surface area contributed by atoms with Gasteiger partial charge in [-0.3, -0.25) is 0 Å². The molecule has 1 heterocycles. The largest absolute Gasteiger partial charge is 0.497 e. The Morgan fingerprint density at radius 2 is 1.49 bits per heavy atom. The van der Waals surface area contributed by atoms with Gasteiger partial charge >= 0.3 is 11.9 Å². The van der Waals surface area contributed by atoms with E-state index in [9.17, 15) is 0 Å². The van der Waals surface area contributed by atoms with Gasteiger partial charge in [0.2, 0.25) is 0 Å². The Bertz CT molecular complexity index is 1210. The van der Waals surface area contributed by atoms with Gasteiger partial charge in [0.1, 0.15) is 5.75 Å². The molecule has 35 heavy (non-hydrogen) atoms. The number of aliphatic carboxylic acids is 2. The van der Waals surface area contributed by atoms with Crippen molar-refractivity contribution in [2.45, 2.75) is 13.0 Å². The number of carboxylic acids is 2. The number of aromatic nitrogens is 2. The van der Waals surface area contributed by atoms with E-state index in [-0.39, 0.29) is 0 Å². The van der Waals surface area contributed by atoms with Gasteiger partial charge < -0.3 is 20.3 Å². The topological polar surface area (TPSA) is 114 Å². The fourth-order valence-corrected chi connectivity index (χ4v) is 3.34. The van der Waals surface area contributed by atoms with Gasteiger partial charge in [0.15, 0.2) is 0 Å². The Balaban J connectivity index is 0.000000509. The highest BCUT2D eigenvalue weighted by Gasteiger charge is 2.12. The van der Waals surface area contributed by atoms with Crippen molar-refractivity contribution in [2.75, 3.05) is 13.7 Å². The second kappa shape index (κ2) is 12.7. The number of hydrogen-bond acceptors (Lipinski definition) is 5. The minimum Gasteiger partial charge on any atom is -0.497 e. The minimum absolute atomic E-state index is 0.765. The van der Waals surface area contributed by atoms with Crippen LogP contribution in [0.15, 0.2) is 91.1 Å². The van der Waals surface area contributed by atoms with E-state index in [2.05, 4.69) is 66.1 Å². The second-order valence-electron chi connectivity index (χ2n) is 7.53. The zero-order valence-corrected chi connectivity index (χ0v) is 19.3. The van der Waals surface area contributed by atoms with Gasteiger partial charge in [-0.2, -0.15) is 5.10 Å². The van der Waals surface area contributed by atoms with Crippen molar-refractivity contribution in [3.63, 3.8) is 0 Å². The Kier molecular flexibility index (Phi) is 9.15. The molecule has 1 aromatic heterocycles. The number of nitrogens with zero attached hydrogens (tertiary/aromatic N) is 2. The highest BCUT2D eigenvalue weighted by molar-refractivity contribution is 6.27. The van der Waals surface area contributed by atoms with E-state index in [4.69, 9.17) is 29.6 Å². The van der Waals surface area contributed by atoms with Crippen LogP contribution in [0.5, 0.6) is 5.75 Å². The number of benzene rings is 3. The maximum Gasteiger partial charge on any atom is 0.414 e. The van der Waals surface area contributed by atoms with Crippen molar-refractivity contribution in [3.05, 3.63) is 102 Å². The van der Waals surface area contributed by atoms with Crippen LogP contribution < -0.4 is 10.1 Å². The smallest absolute Gasteiger partial charge is 0.414 e. The number of carbonyl (C=O) groups is 2. The molecule has 0 spiro atoms. The van der Waals surface area contributed by atoms with Gasteiger partial charge in [-0.25, -0.2) is 14.3 Å². The van der Waals surface area contributed by atoms with Gasteiger partial charge in [0, 0.05) is 23.9 Å². The Labute approximate surface area is 203 Å². The summed E-state index contributed by atoms with van der Waals surface area (Å²) < 4.78 is 7.25. The molecule has 0 saturated heterocycles. The summed E-state index contributed by atoms with van der Waals surface area (Å²) in [4.78, 5) is 18.2. The first-order chi connectivity index (χ1) is 17.0. The lowest BCUT2D eigenvalue weighted by Gasteiger charge is -2.06. The monoisotopic (exact) mass is 473 g/mol. The van der Waals surface area contributed by atoms with Crippen molar-refractivity contribution in [1.29, 1.82) is 0 Å². The molecule has 3 aromatic carbocycles. The number of methoxy groups -OCH3 is 1. The highest BCUT2D eigenvalue weighted by Crippen LogP contribution is 2.25. The van der Waals surface area contributed by atoms with Crippen molar-refractivity contribution in [3.8, 4) is 22.7 Å². The van der Waals surface area contributed by atoms with Crippen LogP contribution in [-0.2, 0) is 22.6 Å². The molecule has 4 rings (SSSR count). The van der Waals surface area contributed by atoms with Crippen LogP contribution in [0.25, 0.3) is 16.9 Å². The number of ether oxygens (including phenoxy) is 1. The molecule has 3 N–H and O–H groups in total. The average molecular weight is 474 g/mol. The van der Waals surface area contributed by atoms with E-state index in [1.54, 1.807) is 7.11 Å². The first kappa shape index (κ1) is 25.2. The first-order valence-electron chi connectivity index (χ1n) is 11.0. The summed E-state index contributed by atoms with van der Waals surface area (Å²) in [5.41, 5.74) is 5.64. The van der Waals surface area contributed by atoms with Gasteiger partial charge in [0.25, 0.3) is 0 Å². The molecule has 180 valence electrons. The summed E-state index contributed by atoms with van der Waals surface area (Å²) in [7, 11) is 1.68. The Morgan fingerprint density at radius 3 is 2.06 bits per heavy atom. The predicted octanol–water partition coefficient (Wildman–Crippen LogP) is 4.04. The number of nitrogens with one attached hydrogen (secondary N) is 1. The zero-order chi connectivity index (χ0) is 25.0. The minimum atomic E-state index is -1.82. The fourth-order valence-electron chi connectivity index (χ4n) is 3.34. The van der Waals surface area contributed by atoms with Gasteiger partial charge in [-0.1, -0.05) is 48.5 Å². The molecule has 0 bridgehead atoms. The third kappa shape index (κ3) is 7.55. The number of rotatable bonds is 8. The molecule has 8 heteroatoms. The molecule has 0 aliphatic rings. The van der Waals surface area contributed by atoms with Crippen LogP contribution >= 0.6 is 0 Å². The number of para-hydroxylation sites is 1. The molecular weight excluding hydrogens is 446 g/mol. The lowest BCUT2D eigenvalue weighted by Crippen LogP contribution is -2.16. The molecule has 0 fully saturated rings. The van der Waals surface area contributed by atoms with Crippen molar-refractivity contribution in [2.24, 2.45) is 0 Å². The van der Waals surface area contributed by atoms with E-state index in [1.165, 1.54) is 11.1 Å². The highest BCUT2D eigenvalue weighted by atomic mass is 16.5. The van der Waals surface area contributed by atoms with Crippen molar-refractivity contribution >= 4 is 11.9 Å². The summed E-state index contributed by atoms with van der Waals surface area (Å²) in [5.74, 6) is -2.80. The quantitative estimate of drug-likeness (QED) is 0.261. The summed E-state index contributed by atoms with van der Waals surface area (Å²) >= 11 is 0. The zero-order valence-electron chi connectivity index (χ0n) is 19.3. The Morgan fingerprint density at radius 1 is 0.886 bits per heavy atom. The lowest BCUT2D eigenvalue weighted by atomic mass is 10.1. The van der Waals surface area contributed by atoms with Crippen LogP contribution in [0.3, 0.4) is 0 Å². The SMILES string of the molecule is COc1ccc(-c2nn(-c3ccccc3)cc2CNCCc2ccccc2)cc1.O=C(O)C(=O)O. The molecule has 0 amide bonds. The van der Waals surface area contributed by atoms with Crippen LogP contribution in [0.4, 0.5) is 0 Å². The van der Waals surface area contributed by atoms with Crippen LogP contribution in [-0.4, -0.2) is 45.6 Å². The van der Waals surface area contributed by atoms with E-state index in [0.717, 1.165) is 42.2 Å². The van der Waals surface area contributed by atoms with Gasteiger partial charge in [-0.15, -0.1) is 0 Å². The summed E-state index contributed by atoms with van der Waals surface area (Å²) in [6.45, 7) is 1.68. The lowest BCUT2D eigenvalue weighted by molar-refractivity contribution is -0.159. The molecule has 0 atom stereocenters. The first-order valence-corrected chi connectivity index (χ1v) is 11.0. The third-order valence-electron chi connectivity index (χ3n) is 5.11. The van der Waals surface area contributed by atoms with Crippen LogP contribution in [0.2, 0.25) is 0 Å². The molecular formula is C27H27N3O5. The molecule has 0 saturated carbocycles. The van der Waals surface area contributed by atoms with E-state index < -0.39 is 11.9 Å². The second-order valence-corrected chi connectivity index (χ2v) is 7.53. The van der Waals surface area contributed by atoms with E-state index in [0.29, 0.717) is 0 Å². The molecule has 0 radical (unpaired) electrons. The summed E-state index contributed by atoms with van der Waals surface area (Å²) in [6.07, 6.45) is 3.12. The van der Waals surface area contributed by atoms with Gasteiger partial charge in [-0.05, 0) is 54.9 Å². The normalized spacial score (nSPS) is 10.2. The average Bonchev–Trinajstić information content (AvgIpc) is 3.32. The molecule has 4 aromatic rings. The van der Waals surface area contributed by atoms with E-state index in [1.807, 2.05) is 35.0 Å². The van der Waals surface area contributed by atoms with Crippen LogP contribution in [0, 0.1) is 0 Å². The third-order valence-corrected chi connectivity index (χ3v) is 5.11. The maximum absolute atomic E-state index is 9.10. The van der Waals surface area contributed by atoms with Crippen molar-refractivity contribution < 1.29 is 24.5 Å². The molecule has 0 aliphatic carbocycles. The number of carboxylic acid groups (broad SMARTS) is 2. The summed E-state index contributed by atoms with van der Waals surface area (Å²) in [5, 5.41) is 23.2. The fraction of sp³-hybridized carbons (Fsp3) is 0.148. The van der Waals surface area contributed by atoms with Gasteiger partial charge in [0.05, 0.1) is 18.5 Å². The molecule has 8 nitrogen and oxygen atoms in total. The molecule has 0 aliphatic heterocycles. The maximum atomic E-state index is 9.10. The standard InChI is InChI=1S/C25H25N3O.C2H2O4/c1-29-24-14-12-21(13-15-24)25-22(18-26-17-16-20-8-4-2-5-9-20)19-28(27-25)23-10-6-3-7-11-23;3-1(4)2(5)6/h2-15,19,26H,16-18H2,1H3;(H,3,4)(H,5,6). The van der Waals surface area contributed by atoms with E-state index >= 15 is 0 Å². The van der Waals surface area contributed by atoms with Crippen molar-refractivity contribution in [1.82, 2.24) is 15.1 Å². The predicted molar refractivity (Wildman–Crippen MR) is 133 cm³/mol. The molecule has 0 unspecified atom stereocenters. The summed E-state index contributed by atoms with van der Waals surface area (Å²) in [6, 6.07) is 28.8.